The van der Waals surface area contributed by atoms with Crippen molar-refractivity contribution < 1.29 is 9.13 Å². The lowest BCUT2D eigenvalue weighted by molar-refractivity contribution is 0.105. The highest BCUT2D eigenvalue weighted by molar-refractivity contribution is 6.30. The maximum absolute atomic E-state index is 13.3. The summed E-state index contributed by atoms with van der Waals surface area (Å²) in [5.74, 6) is -0.267. The van der Waals surface area contributed by atoms with Crippen molar-refractivity contribution in [3.63, 3.8) is 0 Å². The van der Waals surface area contributed by atoms with Crippen LogP contribution < -0.4 is 5.73 Å². The Morgan fingerprint density at radius 1 is 1.06 bits per heavy atom. The Labute approximate surface area is 110 Å². The highest BCUT2D eigenvalue weighted by Gasteiger charge is 2.03. The van der Waals surface area contributed by atoms with E-state index in [0.717, 1.165) is 5.56 Å². The molecule has 2 aromatic carbocycles. The van der Waals surface area contributed by atoms with E-state index in [0.29, 0.717) is 22.9 Å². The molecule has 2 nitrogen and oxygen atoms in total. The van der Waals surface area contributed by atoms with Gasteiger partial charge in [0.2, 0.25) is 0 Å². The largest absolute Gasteiger partial charge is 0.398 e. The van der Waals surface area contributed by atoms with Crippen LogP contribution in [-0.4, -0.2) is 0 Å². The van der Waals surface area contributed by atoms with Crippen molar-refractivity contribution in [2.45, 2.75) is 13.2 Å². The topological polar surface area (TPSA) is 35.2 Å². The first-order chi connectivity index (χ1) is 8.66. The Kier molecular flexibility index (Phi) is 4.18. The van der Waals surface area contributed by atoms with Crippen LogP contribution in [0.5, 0.6) is 0 Å². The van der Waals surface area contributed by atoms with Gasteiger partial charge in [-0.3, -0.25) is 0 Å². The van der Waals surface area contributed by atoms with Crippen molar-refractivity contribution in [2.75, 3.05) is 5.73 Å². The van der Waals surface area contributed by atoms with Gasteiger partial charge in [-0.05, 0) is 24.3 Å². The van der Waals surface area contributed by atoms with Gasteiger partial charge in [-0.15, -0.1) is 0 Å². The van der Waals surface area contributed by atoms with Gasteiger partial charge in [-0.2, -0.15) is 0 Å². The van der Waals surface area contributed by atoms with Gasteiger partial charge in [-0.1, -0.05) is 29.8 Å². The van der Waals surface area contributed by atoms with Gasteiger partial charge in [0, 0.05) is 21.8 Å². The minimum absolute atomic E-state index is 0.207. The number of rotatable bonds is 4. The molecular formula is C14H13ClFNO. The Bertz CT molecular complexity index is 545. The number of nitrogen functional groups attached to an aromatic ring is 1. The fourth-order valence-electron chi connectivity index (χ4n) is 1.59. The van der Waals surface area contributed by atoms with E-state index < -0.39 is 0 Å². The predicted octanol–water partition coefficient (Wildman–Crippen LogP) is 3.78. The molecule has 0 spiro atoms. The lowest BCUT2D eigenvalue weighted by Gasteiger charge is -2.08. The molecule has 0 fully saturated rings. The first kappa shape index (κ1) is 12.9. The third-order valence-corrected chi connectivity index (χ3v) is 2.81. The van der Waals surface area contributed by atoms with Crippen molar-refractivity contribution in [1.29, 1.82) is 0 Å². The molecule has 4 heteroatoms. The summed E-state index contributed by atoms with van der Waals surface area (Å²) in [7, 11) is 0. The SMILES string of the molecule is Nc1ccc(Cl)cc1COCc1ccccc1F. The van der Waals surface area contributed by atoms with Gasteiger partial charge in [0.05, 0.1) is 13.2 Å². The average molecular weight is 266 g/mol. The Morgan fingerprint density at radius 3 is 2.56 bits per heavy atom. The van der Waals surface area contributed by atoms with Crippen molar-refractivity contribution in [3.05, 3.63) is 64.4 Å². The summed E-state index contributed by atoms with van der Waals surface area (Å²) >= 11 is 5.87. The van der Waals surface area contributed by atoms with E-state index in [1.807, 2.05) is 0 Å². The number of hydrogen-bond donors (Lipinski definition) is 1. The fourth-order valence-corrected chi connectivity index (χ4v) is 1.78. The third-order valence-electron chi connectivity index (χ3n) is 2.58. The molecule has 2 rings (SSSR count). The zero-order chi connectivity index (χ0) is 13.0. The molecule has 0 bridgehead atoms. The number of benzene rings is 2. The molecular weight excluding hydrogens is 253 g/mol. The number of hydrogen-bond acceptors (Lipinski definition) is 2. The van der Waals surface area contributed by atoms with Crippen molar-refractivity contribution in [2.24, 2.45) is 0 Å². The van der Waals surface area contributed by atoms with E-state index in [1.54, 1.807) is 36.4 Å². The third kappa shape index (κ3) is 3.22. The molecule has 0 radical (unpaired) electrons. The minimum Gasteiger partial charge on any atom is -0.398 e. The lowest BCUT2D eigenvalue weighted by atomic mass is 10.2. The van der Waals surface area contributed by atoms with Crippen LogP contribution in [0.4, 0.5) is 10.1 Å². The van der Waals surface area contributed by atoms with Crippen LogP contribution in [0.15, 0.2) is 42.5 Å². The van der Waals surface area contributed by atoms with Gasteiger partial charge >= 0.3 is 0 Å². The molecule has 0 saturated heterocycles. The van der Waals surface area contributed by atoms with Gasteiger partial charge in [0.25, 0.3) is 0 Å². The number of nitrogens with two attached hydrogens (primary N) is 1. The Hall–Kier alpha value is -1.58. The number of anilines is 1. The first-order valence-corrected chi connectivity index (χ1v) is 5.89. The maximum Gasteiger partial charge on any atom is 0.128 e. The monoisotopic (exact) mass is 265 g/mol. The summed E-state index contributed by atoms with van der Waals surface area (Å²) in [5, 5.41) is 0.605. The molecule has 2 N–H and O–H groups in total. The van der Waals surface area contributed by atoms with Gasteiger partial charge in [0.15, 0.2) is 0 Å². The van der Waals surface area contributed by atoms with E-state index in [9.17, 15) is 4.39 Å². The molecule has 18 heavy (non-hydrogen) atoms. The second-order valence-electron chi connectivity index (χ2n) is 3.93. The molecule has 94 valence electrons. The Morgan fingerprint density at radius 2 is 1.78 bits per heavy atom. The molecule has 0 heterocycles. The smallest absolute Gasteiger partial charge is 0.128 e. The summed E-state index contributed by atoms with van der Waals surface area (Å²) in [6.07, 6.45) is 0. The van der Waals surface area contributed by atoms with Gasteiger partial charge in [0.1, 0.15) is 5.82 Å². The first-order valence-electron chi connectivity index (χ1n) is 5.52. The fraction of sp³-hybridized carbons (Fsp3) is 0.143. The molecule has 0 aliphatic carbocycles. The lowest BCUT2D eigenvalue weighted by Crippen LogP contribution is -1.99. The summed E-state index contributed by atoms with van der Waals surface area (Å²) < 4.78 is 18.8. The highest BCUT2D eigenvalue weighted by Crippen LogP contribution is 2.19. The van der Waals surface area contributed by atoms with E-state index in [4.69, 9.17) is 22.1 Å². The Balaban J connectivity index is 1.96. The summed E-state index contributed by atoms with van der Waals surface area (Å²) in [6.45, 7) is 0.513. The van der Waals surface area contributed by atoms with Gasteiger partial charge < -0.3 is 10.5 Å². The predicted molar refractivity (Wildman–Crippen MR) is 70.8 cm³/mol. The second kappa shape index (κ2) is 5.85. The molecule has 0 saturated carbocycles. The van der Waals surface area contributed by atoms with Crippen LogP contribution in [0.3, 0.4) is 0 Å². The quantitative estimate of drug-likeness (QED) is 0.854. The van der Waals surface area contributed by atoms with E-state index >= 15 is 0 Å². The van der Waals surface area contributed by atoms with E-state index in [-0.39, 0.29) is 12.4 Å². The zero-order valence-corrected chi connectivity index (χ0v) is 10.5. The van der Waals surface area contributed by atoms with E-state index in [1.165, 1.54) is 6.07 Å². The molecule has 0 aliphatic heterocycles. The molecule has 2 aromatic rings. The van der Waals surface area contributed by atoms with Crippen LogP contribution in [0.25, 0.3) is 0 Å². The normalized spacial score (nSPS) is 10.6. The van der Waals surface area contributed by atoms with E-state index in [2.05, 4.69) is 0 Å². The van der Waals surface area contributed by atoms with Gasteiger partial charge in [-0.25, -0.2) is 4.39 Å². The maximum atomic E-state index is 13.3. The summed E-state index contributed by atoms with van der Waals surface area (Å²) in [6, 6.07) is 11.7. The molecule has 0 unspecified atom stereocenters. The minimum atomic E-state index is -0.267. The van der Waals surface area contributed by atoms with Crippen LogP contribution >= 0.6 is 11.6 Å². The van der Waals surface area contributed by atoms with Crippen LogP contribution in [0.2, 0.25) is 5.02 Å². The van der Waals surface area contributed by atoms with Crippen molar-refractivity contribution in [3.8, 4) is 0 Å². The average Bonchev–Trinajstić information content (AvgIpc) is 2.36. The van der Waals surface area contributed by atoms with Crippen LogP contribution in [0.1, 0.15) is 11.1 Å². The standard InChI is InChI=1S/C14H13ClFNO/c15-12-5-6-14(17)11(7-12)9-18-8-10-3-1-2-4-13(10)16/h1-7H,8-9,17H2. The zero-order valence-electron chi connectivity index (χ0n) is 9.70. The van der Waals surface area contributed by atoms with Crippen LogP contribution in [0, 0.1) is 5.82 Å². The van der Waals surface area contributed by atoms with Crippen LogP contribution in [-0.2, 0) is 18.0 Å². The molecule has 0 amide bonds. The second-order valence-corrected chi connectivity index (χ2v) is 4.36. The molecule has 0 atom stereocenters. The molecule has 0 aromatic heterocycles. The number of ether oxygens (including phenoxy) is 1. The molecule has 0 aliphatic rings. The summed E-state index contributed by atoms with van der Waals surface area (Å²) in [5.41, 5.74) is 7.74. The van der Waals surface area contributed by atoms with Crippen molar-refractivity contribution >= 4 is 17.3 Å². The summed E-state index contributed by atoms with van der Waals surface area (Å²) in [4.78, 5) is 0. The van der Waals surface area contributed by atoms with Crippen molar-refractivity contribution in [1.82, 2.24) is 0 Å². The highest BCUT2D eigenvalue weighted by atomic mass is 35.5. The number of halogens is 2.